The maximum Gasteiger partial charge on any atom is 0.335 e. The summed E-state index contributed by atoms with van der Waals surface area (Å²) in [6, 6.07) is 5.45. The van der Waals surface area contributed by atoms with Crippen molar-refractivity contribution in [2.24, 2.45) is 23.7 Å². The van der Waals surface area contributed by atoms with Crippen molar-refractivity contribution < 1.29 is 9.90 Å². The van der Waals surface area contributed by atoms with Gasteiger partial charge in [-0.05, 0) is 85.5 Å². The maximum atomic E-state index is 11.2. The molecule has 106 valence electrons. The van der Waals surface area contributed by atoms with E-state index >= 15 is 0 Å². The third-order valence-electron chi connectivity index (χ3n) is 5.84. The van der Waals surface area contributed by atoms with Crippen molar-refractivity contribution in [1.82, 2.24) is 0 Å². The average molecular weight is 271 g/mol. The highest BCUT2D eigenvalue weighted by Gasteiger charge is 2.48. The molecule has 5 rings (SSSR count). The lowest BCUT2D eigenvalue weighted by atomic mass is 9.50. The molecule has 4 saturated carbocycles. The molecule has 0 radical (unpaired) electrons. The first-order chi connectivity index (χ1) is 9.60. The summed E-state index contributed by atoms with van der Waals surface area (Å²) in [5, 5.41) is 9.23. The molecule has 0 amide bonds. The first-order valence-corrected chi connectivity index (χ1v) is 7.74. The van der Waals surface area contributed by atoms with Crippen molar-refractivity contribution in [2.45, 2.75) is 38.0 Å². The summed E-state index contributed by atoms with van der Waals surface area (Å²) in [4.78, 5) is 11.2. The molecule has 0 aromatic heterocycles. The fourth-order valence-corrected chi connectivity index (χ4v) is 5.46. The molecule has 0 saturated heterocycles. The Labute approximate surface area is 119 Å². The van der Waals surface area contributed by atoms with E-state index in [1.54, 1.807) is 6.07 Å². The molecule has 1 aromatic rings. The second kappa shape index (κ2) is 4.24. The molecule has 3 heteroatoms. The van der Waals surface area contributed by atoms with E-state index in [1.807, 2.05) is 12.1 Å². The van der Waals surface area contributed by atoms with Crippen LogP contribution in [0.1, 0.15) is 53.9 Å². The Morgan fingerprint density at radius 3 is 2.15 bits per heavy atom. The van der Waals surface area contributed by atoms with Gasteiger partial charge >= 0.3 is 5.97 Å². The van der Waals surface area contributed by atoms with E-state index in [0.717, 1.165) is 23.7 Å². The van der Waals surface area contributed by atoms with Crippen molar-refractivity contribution in [3.8, 4) is 0 Å². The van der Waals surface area contributed by atoms with Crippen molar-refractivity contribution >= 4 is 11.7 Å². The van der Waals surface area contributed by atoms with Gasteiger partial charge in [-0.25, -0.2) is 4.79 Å². The Kier molecular flexibility index (Phi) is 2.60. The standard InChI is InChI=1S/C17H21NO2/c18-15-7-13(6-14(8-15)17(19)20)16-11-2-9-1-10(4-11)5-12(16)3-9/h6-12,16H,1-5,18H2,(H,19,20). The predicted molar refractivity (Wildman–Crippen MR) is 77.6 cm³/mol. The van der Waals surface area contributed by atoms with Gasteiger partial charge in [-0.1, -0.05) is 0 Å². The van der Waals surface area contributed by atoms with Gasteiger partial charge < -0.3 is 10.8 Å². The third kappa shape index (κ3) is 1.83. The SMILES string of the molecule is Nc1cc(C(=O)O)cc(C2C3CC4CC(C3)CC2C4)c1. The minimum atomic E-state index is -0.873. The number of nitrogen functional groups attached to an aromatic ring is 1. The van der Waals surface area contributed by atoms with Gasteiger partial charge in [0.05, 0.1) is 5.56 Å². The Morgan fingerprint density at radius 1 is 1.00 bits per heavy atom. The molecular weight excluding hydrogens is 250 g/mol. The number of benzene rings is 1. The molecule has 20 heavy (non-hydrogen) atoms. The molecule has 0 heterocycles. The van der Waals surface area contributed by atoms with E-state index in [-0.39, 0.29) is 0 Å². The topological polar surface area (TPSA) is 63.3 Å². The van der Waals surface area contributed by atoms with Gasteiger partial charge in [0.2, 0.25) is 0 Å². The second-order valence-corrected chi connectivity index (χ2v) is 7.15. The molecule has 1 aromatic carbocycles. The van der Waals surface area contributed by atoms with Crippen LogP contribution in [0.15, 0.2) is 18.2 Å². The number of aromatic carboxylic acids is 1. The first kappa shape index (κ1) is 12.2. The van der Waals surface area contributed by atoms with Gasteiger partial charge in [0.25, 0.3) is 0 Å². The quantitative estimate of drug-likeness (QED) is 0.809. The molecule has 4 bridgehead atoms. The van der Waals surface area contributed by atoms with Crippen molar-refractivity contribution in [2.75, 3.05) is 5.73 Å². The molecule has 0 unspecified atom stereocenters. The van der Waals surface area contributed by atoms with Gasteiger partial charge in [-0.3, -0.25) is 0 Å². The molecule has 4 aliphatic rings. The minimum Gasteiger partial charge on any atom is -0.478 e. The fraction of sp³-hybridized carbons (Fsp3) is 0.588. The van der Waals surface area contributed by atoms with Crippen LogP contribution < -0.4 is 5.73 Å². The normalized spacial score (nSPS) is 38.1. The lowest BCUT2D eigenvalue weighted by molar-refractivity contribution is -0.00279. The number of rotatable bonds is 2. The van der Waals surface area contributed by atoms with Crippen molar-refractivity contribution in [3.05, 3.63) is 29.3 Å². The van der Waals surface area contributed by atoms with Crippen LogP contribution in [0.3, 0.4) is 0 Å². The Bertz CT molecular complexity index is 538. The van der Waals surface area contributed by atoms with Crippen LogP contribution >= 0.6 is 0 Å². The van der Waals surface area contributed by atoms with Crippen LogP contribution in [-0.2, 0) is 0 Å². The summed E-state index contributed by atoms with van der Waals surface area (Å²) in [5.74, 6) is 3.07. The number of hydrogen-bond donors (Lipinski definition) is 2. The first-order valence-electron chi connectivity index (χ1n) is 7.74. The number of nitrogens with two attached hydrogens (primary N) is 1. The zero-order valence-electron chi connectivity index (χ0n) is 11.6. The van der Waals surface area contributed by atoms with E-state index in [9.17, 15) is 9.90 Å². The number of carboxylic acids is 1. The molecule has 3 N–H and O–H groups in total. The lowest BCUT2D eigenvalue weighted by Gasteiger charge is -2.54. The zero-order valence-corrected chi connectivity index (χ0v) is 11.6. The van der Waals surface area contributed by atoms with E-state index in [4.69, 9.17) is 5.73 Å². The number of carboxylic acid groups (broad SMARTS) is 1. The highest BCUT2D eigenvalue weighted by Crippen LogP contribution is 2.59. The molecule has 0 atom stereocenters. The molecule has 4 fully saturated rings. The second-order valence-electron chi connectivity index (χ2n) is 7.15. The Morgan fingerprint density at radius 2 is 1.60 bits per heavy atom. The molecule has 0 aliphatic heterocycles. The minimum absolute atomic E-state index is 0.341. The summed E-state index contributed by atoms with van der Waals surface area (Å²) >= 11 is 0. The van der Waals surface area contributed by atoms with Crippen LogP contribution in [0.2, 0.25) is 0 Å². The van der Waals surface area contributed by atoms with Crippen LogP contribution in [0.25, 0.3) is 0 Å². The van der Waals surface area contributed by atoms with Crippen molar-refractivity contribution in [1.29, 1.82) is 0 Å². The fourth-order valence-electron chi connectivity index (χ4n) is 5.46. The monoisotopic (exact) mass is 271 g/mol. The molecular formula is C17H21NO2. The van der Waals surface area contributed by atoms with Crippen molar-refractivity contribution in [3.63, 3.8) is 0 Å². The summed E-state index contributed by atoms with van der Waals surface area (Å²) < 4.78 is 0. The van der Waals surface area contributed by atoms with Gasteiger partial charge in [-0.15, -0.1) is 0 Å². The Balaban J connectivity index is 1.72. The highest BCUT2D eigenvalue weighted by molar-refractivity contribution is 5.89. The smallest absolute Gasteiger partial charge is 0.335 e. The number of hydrogen-bond acceptors (Lipinski definition) is 2. The van der Waals surface area contributed by atoms with Gasteiger partial charge in [0.15, 0.2) is 0 Å². The highest BCUT2D eigenvalue weighted by atomic mass is 16.4. The maximum absolute atomic E-state index is 11.2. The van der Waals surface area contributed by atoms with E-state index in [2.05, 4.69) is 0 Å². The summed E-state index contributed by atoms with van der Waals surface area (Å²) in [6.45, 7) is 0. The van der Waals surface area contributed by atoms with E-state index in [0.29, 0.717) is 17.2 Å². The average Bonchev–Trinajstić information content (AvgIpc) is 2.36. The summed E-state index contributed by atoms with van der Waals surface area (Å²) in [5.41, 5.74) is 8.04. The Hall–Kier alpha value is -1.51. The van der Waals surface area contributed by atoms with Gasteiger partial charge in [0.1, 0.15) is 0 Å². The zero-order chi connectivity index (χ0) is 13.9. The lowest BCUT2D eigenvalue weighted by Crippen LogP contribution is -2.43. The summed E-state index contributed by atoms with van der Waals surface area (Å²) in [7, 11) is 0. The van der Waals surface area contributed by atoms with Crippen LogP contribution in [0.5, 0.6) is 0 Å². The number of anilines is 1. The third-order valence-corrected chi connectivity index (χ3v) is 5.84. The van der Waals surface area contributed by atoms with E-state index < -0.39 is 5.97 Å². The van der Waals surface area contributed by atoms with Crippen LogP contribution in [-0.4, -0.2) is 11.1 Å². The molecule has 4 aliphatic carbocycles. The molecule has 0 spiro atoms. The summed E-state index contributed by atoms with van der Waals surface area (Å²) in [6.07, 6.45) is 6.81. The number of carbonyl (C=O) groups is 1. The van der Waals surface area contributed by atoms with E-state index in [1.165, 1.54) is 37.7 Å². The van der Waals surface area contributed by atoms with Gasteiger partial charge in [0, 0.05) is 5.69 Å². The molecule has 3 nitrogen and oxygen atoms in total. The van der Waals surface area contributed by atoms with Gasteiger partial charge in [-0.2, -0.15) is 0 Å². The largest absolute Gasteiger partial charge is 0.478 e. The van der Waals surface area contributed by atoms with Crippen LogP contribution in [0.4, 0.5) is 5.69 Å². The predicted octanol–water partition coefficient (Wildman–Crippen LogP) is 3.51. The van der Waals surface area contributed by atoms with Crippen LogP contribution in [0, 0.1) is 23.7 Å².